The summed E-state index contributed by atoms with van der Waals surface area (Å²) in [6, 6.07) is 12.5. The number of hydrogen-bond donors (Lipinski definition) is 4. The zero-order chi connectivity index (χ0) is 18.7. The van der Waals surface area contributed by atoms with Gasteiger partial charge in [-0.05, 0) is 30.3 Å². The topological polar surface area (TPSA) is 138 Å². The molecule has 26 heavy (non-hydrogen) atoms. The molecule has 0 aliphatic rings. The standard InChI is InChI=1S/C18H14N4O4/c19-15-14(12-3-1-2-4-13(12)17(25)26)9-20-18(22-15)21-11-7-5-10(6-8-11)16(23)24/h1-9H,(H,23,24)(H,25,26)(H3,19,20,21,22). The Kier molecular flexibility index (Phi) is 4.48. The van der Waals surface area contributed by atoms with Gasteiger partial charge in [-0.25, -0.2) is 14.6 Å². The maximum absolute atomic E-state index is 11.4. The fourth-order valence-electron chi connectivity index (χ4n) is 2.39. The minimum absolute atomic E-state index is 0.104. The van der Waals surface area contributed by atoms with E-state index in [-0.39, 0.29) is 22.9 Å². The molecule has 0 fully saturated rings. The minimum Gasteiger partial charge on any atom is -0.478 e. The highest BCUT2D eigenvalue weighted by molar-refractivity contribution is 5.97. The molecule has 0 aliphatic carbocycles. The van der Waals surface area contributed by atoms with Crippen molar-refractivity contribution in [2.24, 2.45) is 0 Å². The van der Waals surface area contributed by atoms with Crippen LogP contribution in [0.2, 0.25) is 0 Å². The van der Waals surface area contributed by atoms with Gasteiger partial charge >= 0.3 is 11.9 Å². The second-order valence-corrected chi connectivity index (χ2v) is 5.35. The molecule has 1 aromatic heterocycles. The lowest BCUT2D eigenvalue weighted by Gasteiger charge is -2.10. The van der Waals surface area contributed by atoms with E-state index in [2.05, 4.69) is 15.3 Å². The van der Waals surface area contributed by atoms with Gasteiger partial charge in [-0.1, -0.05) is 18.2 Å². The summed E-state index contributed by atoms with van der Waals surface area (Å²) in [6.07, 6.45) is 1.44. The second-order valence-electron chi connectivity index (χ2n) is 5.35. The lowest BCUT2D eigenvalue weighted by molar-refractivity contribution is 0.0686. The number of nitrogens with zero attached hydrogens (tertiary/aromatic N) is 2. The van der Waals surface area contributed by atoms with Crippen LogP contribution in [0.3, 0.4) is 0 Å². The number of carboxylic acid groups (broad SMARTS) is 2. The van der Waals surface area contributed by atoms with Gasteiger partial charge in [-0.15, -0.1) is 0 Å². The van der Waals surface area contributed by atoms with Crippen molar-refractivity contribution in [2.75, 3.05) is 11.1 Å². The molecule has 0 saturated carbocycles. The average Bonchev–Trinajstić information content (AvgIpc) is 2.62. The van der Waals surface area contributed by atoms with Crippen molar-refractivity contribution in [1.82, 2.24) is 9.97 Å². The molecule has 0 amide bonds. The molecule has 3 rings (SSSR count). The monoisotopic (exact) mass is 350 g/mol. The Morgan fingerprint density at radius 2 is 1.62 bits per heavy atom. The zero-order valence-electron chi connectivity index (χ0n) is 13.4. The number of carbonyl (C=O) groups is 2. The molecule has 5 N–H and O–H groups in total. The highest BCUT2D eigenvalue weighted by Crippen LogP contribution is 2.28. The maximum Gasteiger partial charge on any atom is 0.336 e. The Balaban J connectivity index is 1.88. The number of rotatable bonds is 5. The van der Waals surface area contributed by atoms with Gasteiger partial charge in [0.25, 0.3) is 0 Å². The highest BCUT2D eigenvalue weighted by Gasteiger charge is 2.15. The van der Waals surface area contributed by atoms with Crippen molar-refractivity contribution >= 4 is 29.4 Å². The fourth-order valence-corrected chi connectivity index (χ4v) is 2.39. The van der Waals surface area contributed by atoms with Crippen LogP contribution in [-0.4, -0.2) is 32.1 Å². The number of aromatic nitrogens is 2. The average molecular weight is 350 g/mol. The molecule has 0 aliphatic heterocycles. The van der Waals surface area contributed by atoms with Crippen LogP contribution >= 0.6 is 0 Å². The van der Waals surface area contributed by atoms with E-state index in [1.54, 1.807) is 30.3 Å². The zero-order valence-corrected chi connectivity index (χ0v) is 13.4. The van der Waals surface area contributed by atoms with E-state index < -0.39 is 11.9 Å². The van der Waals surface area contributed by atoms with Gasteiger partial charge in [-0.2, -0.15) is 4.98 Å². The molecule has 1 heterocycles. The molecule has 0 saturated heterocycles. The SMILES string of the molecule is Nc1nc(Nc2ccc(C(=O)O)cc2)ncc1-c1ccccc1C(=O)O. The van der Waals surface area contributed by atoms with Crippen LogP contribution in [0.5, 0.6) is 0 Å². The Hall–Kier alpha value is -3.94. The Morgan fingerprint density at radius 3 is 2.23 bits per heavy atom. The fraction of sp³-hybridized carbons (Fsp3) is 0. The molecule has 0 radical (unpaired) electrons. The predicted octanol–water partition coefficient (Wildman–Crippen LogP) is 2.87. The van der Waals surface area contributed by atoms with Gasteiger partial charge in [-0.3, -0.25) is 0 Å². The first-order valence-electron chi connectivity index (χ1n) is 7.51. The number of aromatic carboxylic acids is 2. The van der Waals surface area contributed by atoms with Crippen molar-refractivity contribution in [1.29, 1.82) is 0 Å². The molecule has 0 atom stereocenters. The minimum atomic E-state index is -1.07. The van der Waals surface area contributed by atoms with Crippen LogP contribution in [-0.2, 0) is 0 Å². The van der Waals surface area contributed by atoms with Gasteiger partial charge in [0.05, 0.1) is 11.1 Å². The highest BCUT2D eigenvalue weighted by atomic mass is 16.4. The first-order chi connectivity index (χ1) is 12.5. The van der Waals surface area contributed by atoms with Crippen molar-refractivity contribution in [3.05, 3.63) is 65.9 Å². The molecule has 130 valence electrons. The van der Waals surface area contributed by atoms with Gasteiger partial charge in [0, 0.05) is 23.0 Å². The lowest BCUT2D eigenvalue weighted by atomic mass is 10.0. The molecule has 3 aromatic rings. The normalized spacial score (nSPS) is 10.3. The van der Waals surface area contributed by atoms with Crippen LogP contribution < -0.4 is 11.1 Å². The number of nitrogen functional groups attached to an aromatic ring is 1. The second kappa shape index (κ2) is 6.89. The van der Waals surface area contributed by atoms with Crippen LogP contribution in [0.4, 0.5) is 17.5 Å². The van der Waals surface area contributed by atoms with Gasteiger partial charge in [0.1, 0.15) is 5.82 Å². The van der Waals surface area contributed by atoms with E-state index in [1.165, 1.54) is 24.4 Å². The third-order valence-electron chi connectivity index (χ3n) is 3.65. The first-order valence-corrected chi connectivity index (χ1v) is 7.51. The third-order valence-corrected chi connectivity index (χ3v) is 3.65. The summed E-state index contributed by atoms with van der Waals surface area (Å²) >= 11 is 0. The van der Waals surface area contributed by atoms with Crippen LogP contribution in [0.1, 0.15) is 20.7 Å². The van der Waals surface area contributed by atoms with E-state index in [1.807, 2.05) is 0 Å². The third kappa shape index (κ3) is 3.44. The van der Waals surface area contributed by atoms with E-state index >= 15 is 0 Å². The predicted molar refractivity (Wildman–Crippen MR) is 95.5 cm³/mol. The number of nitrogens with one attached hydrogen (secondary N) is 1. The van der Waals surface area contributed by atoms with Gasteiger partial charge in [0.2, 0.25) is 5.95 Å². The largest absolute Gasteiger partial charge is 0.478 e. The number of anilines is 3. The van der Waals surface area contributed by atoms with E-state index in [0.717, 1.165) is 0 Å². The molecule has 0 spiro atoms. The summed E-state index contributed by atoms with van der Waals surface area (Å²) in [6.45, 7) is 0. The quantitative estimate of drug-likeness (QED) is 0.551. The van der Waals surface area contributed by atoms with Crippen molar-refractivity contribution in [3.8, 4) is 11.1 Å². The smallest absolute Gasteiger partial charge is 0.336 e. The van der Waals surface area contributed by atoms with Gasteiger partial charge in [0.15, 0.2) is 0 Å². The first kappa shape index (κ1) is 16.9. The van der Waals surface area contributed by atoms with Crippen LogP contribution in [0.25, 0.3) is 11.1 Å². The lowest BCUT2D eigenvalue weighted by Crippen LogP contribution is -2.05. The van der Waals surface area contributed by atoms with Crippen molar-refractivity contribution in [2.45, 2.75) is 0 Å². The van der Waals surface area contributed by atoms with Crippen LogP contribution in [0.15, 0.2) is 54.7 Å². The molecule has 8 heteroatoms. The summed E-state index contributed by atoms with van der Waals surface area (Å²) in [4.78, 5) is 30.5. The Labute approximate surface area is 148 Å². The molecular formula is C18H14N4O4. The summed E-state index contributed by atoms with van der Waals surface area (Å²) in [5.74, 6) is -1.75. The number of benzene rings is 2. The number of nitrogens with two attached hydrogens (primary N) is 1. The molecule has 8 nitrogen and oxygen atoms in total. The molecule has 2 aromatic carbocycles. The Bertz CT molecular complexity index is 987. The van der Waals surface area contributed by atoms with E-state index in [4.69, 9.17) is 10.8 Å². The van der Waals surface area contributed by atoms with Crippen LogP contribution in [0, 0.1) is 0 Å². The summed E-state index contributed by atoms with van der Waals surface area (Å²) < 4.78 is 0. The summed E-state index contributed by atoms with van der Waals surface area (Å²) in [5, 5.41) is 21.1. The maximum atomic E-state index is 11.4. The summed E-state index contributed by atoms with van der Waals surface area (Å²) in [5.41, 5.74) is 7.67. The van der Waals surface area contributed by atoms with Crippen molar-refractivity contribution < 1.29 is 19.8 Å². The van der Waals surface area contributed by atoms with Crippen molar-refractivity contribution in [3.63, 3.8) is 0 Å². The van der Waals surface area contributed by atoms with E-state index in [0.29, 0.717) is 16.8 Å². The molecule has 0 bridgehead atoms. The van der Waals surface area contributed by atoms with E-state index in [9.17, 15) is 14.7 Å². The number of carboxylic acids is 2. The number of hydrogen-bond acceptors (Lipinski definition) is 6. The molecule has 0 unspecified atom stereocenters. The van der Waals surface area contributed by atoms with Gasteiger partial charge < -0.3 is 21.3 Å². The Morgan fingerprint density at radius 1 is 0.923 bits per heavy atom. The molecular weight excluding hydrogens is 336 g/mol. The summed E-state index contributed by atoms with van der Waals surface area (Å²) in [7, 11) is 0.